The van der Waals surface area contributed by atoms with Crippen LogP contribution < -0.4 is 16.0 Å². The molecule has 1 aliphatic rings. The third-order valence-electron chi connectivity index (χ3n) is 4.52. The maximum atomic E-state index is 12.3. The zero-order valence-corrected chi connectivity index (χ0v) is 20.2. The summed E-state index contributed by atoms with van der Waals surface area (Å²) in [4.78, 5) is 30.3. The van der Waals surface area contributed by atoms with Gasteiger partial charge in [-0.2, -0.15) is 0 Å². The summed E-state index contributed by atoms with van der Waals surface area (Å²) in [5.41, 5.74) is 0.985. The third-order valence-corrected chi connectivity index (χ3v) is 4.52. The quantitative estimate of drug-likeness (QED) is 0.294. The molecule has 0 saturated carbocycles. The predicted molar refractivity (Wildman–Crippen MR) is 128 cm³/mol. The minimum atomic E-state index is -0.261. The highest BCUT2D eigenvalue weighted by Gasteiger charge is 2.29. The number of likely N-dealkylation sites (tertiary alicyclic amines) is 1. The fourth-order valence-corrected chi connectivity index (χ4v) is 3.20. The molecule has 0 radical (unpaired) electrons. The first-order valence-electron chi connectivity index (χ1n) is 9.84. The van der Waals surface area contributed by atoms with E-state index in [2.05, 4.69) is 33.1 Å². The van der Waals surface area contributed by atoms with Crippen molar-refractivity contribution in [1.29, 1.82) is 0 Å². The van der Waals surface area contributed by atoms with Gasteiger partial charge in [-0.15, -0.1) is 24.0 Å². The van der Waals surface area contributed by atoms with E-state index >= 15 is 0 Å². The normalized spacial score (nSPS) is 17.0. The Balaban J connectivity index is 0.00000420. The topological polar surface area (TPSA) is 85.8 Å². The number of guanidine groups is 1. The number of nitrogens with zero attached hydrogens (tertiary/aromatic N) is 2. The molecule has 2 amide bonds. The van der Waals surface area contributed by atoms with E-state index < -0.39 is 0 Å². The van der Waals surface area contributed by atoms with Crippen LogP contribution in [0, 0.1) is 5.92 Å². The lowest BCUT2D eigenvalue weighted by Gasteiger charge is -2.21. The van der Waals surface area contributed by atoms with Crippen molar-refractivity contribution < 1.29 is 9.59 Å². The zero-order chi connectivity index (χ0) is 20.6. The second-order valence-corrected chi connectivity index (χ2v) is 8.25. The summed E-state index contributed by atoms with van der Waals surface area (Å²) in [5, 5.41) is 9.14. The average Bonchev–Trinajstić information content (AvgIpc) is 2.99. The maximum Gasteiger partial charge on any atom is 0.239 e. The minimum absolute atomic E-state index is 0. The molecule has 1 aromatic carbocycles. The second kappa shape index (κ2) is 12.0. The van der Waals surface area contributed by atoms with E-state index in [1.54, 1.807) is 7.05 Å². The summed E-state index contributed by atoms with van der Waals surface area (Å²) < 4.78 is 0. The lowest BCUT2D eigenvalue weighted by Crippen LogP contribution is -2.48. The molecule has 1 unspecified atom stereocenters. The first-order valence-corrected chi connectivity index (χ1v) is 9.84. The Morgan fingerprint density at radius 2 is 1.90 bits per heavy atom. The third kappa shape index (κ3) is 9.47. The van der Waals surface area contributed by atoms with Crippen LogP contribution in [0.2, 0.25) is 0 Å². The summed E-state index contributed by atoms with van der Waals surface area (Å²) in [6.07, 6.45) is 1.42. The SMILES string of the molecule is CN=C(NCC(=O)NC(C)(C)C)NCC1CC(=O)N(CCc2ccccc2)C1.I. The van der Waals surface area contributed by atoms with Gasteiger partial charge in [0.25, 0.3) is 0 Å². The van der Waals surface area contributed by atoms with Crippen molar-refractivity contribution in [2.75, 3.05) is 33.2 Å². The van der Waals surface area contributed by atoms with Gasteiger partial charge in [-0.25, -0.2) is 0 Å². The standard InChI is InChI=1S/C21H33N5O2.HI/c1-21(2,3)25-18(27)14-24-20(22-4)23-13-17-12-19(28)26(15-17)11-10-16-8-6-5-7-9-16;/h5-9,17H,10-15H2,1-4H3,(H,25,27)(H2,22,23,24);1H. The number of amides is 2. The molecular weight excluding hydrogens is 481 g/mol. The molecule has 162 valence electrons. The molecule has 1 aliphatic heterocycles. The Hall–Kier alpha value is -1.84. The van der Waals surface area contributed by atoms with Gasteiger partial charge < -0.3 is 20.9 Å². The van der Waals surface area contributed by atoms with Crippen molar-refractivity contribution >= 4 is 41.8 Å². The predicted octanol–water partition coefficient (Wildman–Crippen LogP) is 1.78. The molecule has 1 saturated heterocycles. The van der Waals surface area contributed by atoms with Crippen molar-refractivity contribution in [1.82, 2.24) is 20.9 Å². The monoisotopic (exact) mass is 515 g/mol. The number of rotatable bonds is 7. The Morgan fingerprint density at radius 3 is 2.52 bits per heavy atom. The molecule has 7 nitrogen and oxygen atoms in total. The molecule has 29 heavy (non-hydrogen) atoms. The number of hydrogen-bond acceptors (Lipinski definition) is 3. The van der Waals surface area contributed by atoms with Crippen LogP contribution in [0.15, 0.2) is 35.3 Å². The van der Waals surface area contributed by atoms with Gasteiger partial charge in [0, 0.05) is 44.6 Å². The van der Waals surface area contributed by atoms with Crippen molar-refractivity contribution in [2.24, 2.45) is 10.9 Å². The van der Waals surface area contributed by atoms with Gasteiger partial charge in [-0.1, -0.05) is 30.3 Å². The van der Waals surface area contributed by atoms with Crippen LogP contribution in [0.25, 0.3) is 0 Å². The molecule has 2 rings (SSSR count). The lowest BCUT2D eigenvalue weighted by molar-refractivity contribution is -0.127. The molecule has 3 N–H and O–H groups in total. The molecule has 8 heteroatoms. The van der Waals surface area contributed by atoms with Crippen molar-refractivity contribution in [3.63, 3.8) is 0 Å². The maximum absolute atomic E-state index is 12.3. The number of carbonyl (C=O) groups is 2. The highest BCUT2D eigenvalue weighted by atomic mass is 127. The summed E-state index contributed by atoms with van der Waals surface area (Å²) in [5.74, 6) is 0.929. The Morgan fingerprint density at radius 1 is 1.21 bits per heavy atom. The van der Waals surface area contributed by atoms with Crippen molar-refractivity contribution in [3.05, 3.63) is 35.9 Å². The first-order chi connectivity index (χ1) is 13.3. The highest BCUT2D eigenvalue weighted by Crippen LogP contribution is 2.17. The van der Waals surface area contributed by atoms with Crippen LogP contribution in [0.5, 0.6) is 0 Å². The van der Waals surface area contributed by atoms with Gasteiger partial charge in [0.15, 0.2) is 5.96 Å². The van der Waals surface area contributed by atoms with E-state index in [9.17, 15) is 9.59 Å². The summed E-state index contributed by atoms with van der Waals surface area (Å²) >= 11 is 0. The van der Waals surface area contributed by atoms with Crippen LogP contribution >= 0.6 is 24.0 Å². The van der Waals surface area contributed by atoms with E-state index in [1.807, 2.05) is 43.9 Å². The zero-order valence-electron chi connectivity index (χ0n) is 17.8. The molecule has 0 aromatic heterocycles. The fourth-order valence-electron chi connectivity index (χ4n) is 3.20. The molecular formula is C21H34IN5O2. The number of benzene rings is 1. The Kier molecular flexibility index (Phi) is 10.4. The van der Waals surface area contributed by atoms with Crippen LogP contribution in [-0.2, 0) is 16.0 Å². The summed E-state index contributed by atoms with van der Waals surface area (Å²) in [6.45, 7) is 8.13. The van der Waals surface area contributed by atoms with E-state index in [-0.39, 0.29) is 53.8 Å². The molecule has 0 spiro atoms. The first kappa shape index (κ1) is 25.2. The number of carbonyl (C=O) groups excluding carboxylic acids is 2. The molecule has 0 aliphatic carbocycles. The van der Waals surface area contributed by atoms with Crippen molar-refractivity contribution in [2.45, 2.75) is 39.2 Å². The van der Waals surface area contributed by atoms with Crippen molar-refractivity contribution in [3.8, 4) is 0 Å². The molecule has 1 atom stereocenters. The molecule has 1 heterocycles. The molecule has 1 fully saturated rings. The van der Waals surface area contributed by atoms with E-state index in [0.29, 0.717) is 18.9 Å². The van der Waals surface area contributed by atoms with Gasteiger partial charge >= 0.3 is 0 Å². The van der Waals surface area contributed by atoms with Gasteiger partial charge in [0.1, 0.15) is 0 Å². The summed E-state index contributed by atoms with van der Waals surface area (Å²) in [6, 6.07) is 10.2. The number of aliphatic imine (C=N–C) groups is 1. The van der Waals surface area contributed by atoms with Crippen LogP contribution in [0.4, 0.5) is 0 Å². The number of nitrogens with one attached hydrogen (secondary N) is 3. The average molecular weight is 515 g/mol. The summed E-state index contributed by atoms with van der Waals surface area (Å²) in [7, 11) is 1.67. The minimum Gasteiger partial charge on any atom is -0.356 e. The van der Waals surface area contributed by atoms with E-state index in [0.717, 1.165) is 19.5 Å². The highest BCUT2D eigenvalue weighted by molar-refractivity contribution is 14.0. The van der Waals surface area contributed by atoms with Gasteiger partial charge in [-0.3, -0.25) is 14.6 Å². The Labute approximate surface area is 191 Å². The van der Waals surface area contributed by atoms with Crippen LogP contribution in [0.3, 0.4) is 0 Å². The smallest absolute Gasteiger partial charge is 0.239 e. The van der Waals surface area contributed by atoms with Crippen LogP contribution in [0.1, 0.15) is 32.8 Å². The molecule has 1 aromatic rings. The fraction of sp³-hybridized carbons (Fsp3) is 0.571. The van der Waals surface area contributed by atoms with Gasteiger partial charge in [-0.05, 0) is 32.8 Å². The van der Waals surface area contributed by atoms with Crippen LogP contribution in [-0.4, -0.2) is 61.4 Å². The van der Waals surface area contributed by atoms with E-state index in [4.69, 9.17) is 0 Å². The Bertz CT molecular complexity index is 688. The van der Waals surface area contributed by atoms with E-state index in [1.165, 1.54) is 5.56 Å². The van der Waals surface area contributed by atoms with Gasteiger partial charge in [0.2, 0.25) is 11.8 Å². The number of hydrogen-bond donors (Lipinski definition) is 3. The largest absolute Gasteiger partial charge is 0.356 e. The lowest BCUT2D eigenvalue weighted by atomic mass is 10.1. The van der Waals surface area contributed by atoms with Gasteiger partial charge in [0.05, 0.1) is 6.54 Å². The molecule has 0 bridgehead atoms. The second-order valence-electron chi connectivity index (χ2n) is 8.25. The number of halogens is 1.